The summed E-state index contributed by atoms with van der Waals surface area (Å²) in [7, 11) is 1.61. The summed E-state index contributed by atoms with van der Waals surface area (Å²) in [5.74, 6) is 0.879. The Morgan fingerprint density at radius 1 is 0.867 bits per heavy atom. The van der Waals surface area contributed by atoms with Gasteiger partial charge in [-0.2, -0.15) is 5.26 Å². The second kappa shape index (κ2) is 8.40. The van der Waals surface area contributed by atoms with Crippen LogP contribution in [0.3, 0.4) is 0 Å². The van der Waals surface area contributed by atoms with Crippen molar-refractivity contribution in [3.8, 4) is 45.3 Å². The van der Waals surface area contributed by atoms with Crippen LogP contribution in [0.4, 0.5) is 5.82 Å². The van der Waals surface area contributed by atoms with E-state index in [9.17, 15) is 5.26 Å². The molecule has 2 N–H and O–H groups in total. The van der Waals surface area contributed by atoms with Gasteiger partial charge in [-0.05, 0) is 35.4 Å². The van der Waals surface area contributed by atoms with Crippen molar-refractivity contribution in [2.75, 3.05) is 12.8 Å². The van der Waals surface area contributed by atoms with E-state index in [0.717, 1.165) is 26.7 Å². The number of anilines is 1. The maximum atomic E-state index is 9.65. The maximum absolute atomic E-state index is 9.65. The van der Waals surface area contributed by atoms with Crippen molar-refractivity contribution in [2.45, 2.75) is 0 Å². The van der Waals surface area contributed by atoms with Crippen LogP contribution in [0.1, 0.15) is 5.56 Å². The molecule has 0 bridgehead atoms. The van der Waals surface area contributed by atoms with E-state index in [1.54, 1.807) is 7.11 Å². The first-order valence-electron chi connectivity index (χ1n) is 9.31. The number of halogens is 1. The highest BCUT2D eigenvalue weighted by atomic mass is 79.9. The molecule has 0 saturated carbocycles. The molecule has 5 heteroatoms. The molecule has 4 aromatic rings. The molecule has 0 aliphatic rings. The highest BCUT2D eigenvalue weighted by Gasteiger charge is 2.16. The van der Waals surface area contributed by atoms with Gasteiger partial charge in [0.2, 0.25) is 0 Å². The molecule has 1 aromatic heterocycles. The smallest absolute Gasteiger partial charge is 0.142 e. The average molecular weight is 456 g/mol. The van der Waals surface area contributed by atoms with E-state index in [1.807, 2.05) is 54.6 Å². The van der Waals surface area contributed by atoms with Gasteiger partial charge in [0, 0.05) is 21.2 Å². The van der Waals surface area contributed by atoms with Crippen LogP contribution < -0.4 is 10.5 Å². The standard InChI is InChI=1S/C25H18BrN3O/c1-30-24-5-3-2-4-20(24)21-14-23(29-25(28)22(21)15-27)18-8-6-16(7-9-18)17-10-12-19(26)13-11-17/h2-14H,1H3,(H2,28,29). The van der Waals surface area contributed by atoms with E-state index in [0.29, 0.717) is 22.6 Å². The number of para-hydroxylation sites is 1. The summed E-state index contributed by atoms with van der Waals surface area (Å²) in [5.41, 5.74) is 11.9. The Labute approximate surface area is 183 Å². The Kier molecular flexibility index (Phi) is 5.51. The predicted octanol–water partition coefficient (Wildman–Crippen LogP) is 6.31. The lowest BCUT2D eigenvalue weighted by molar-refractivity contribution is 0.416. The van der Waals surface area contributed by atoms with Crippen LogP contribution in [0.5, 0.6) is 5.75 Å². The van der Waals surface area contributed by atoms with Crippen molar-refractivity contribution in [3.05, 3.63) is 88.9 Å². The third-order valence-electron chi connectivity index (χ3n) is 4.91. The van der Waals surface area contributed by atoms with Gasteiger partial charge in [0.05, 0.1) is 12.8 Å². The van der Waals surface area contributed by atoms with Crippen molar-refractivity contribution < 1.29 is 4.74 Å². The van der Waals surface area contributed by atoms with E-state index in [-0.39, 0.29) is 5.82 Å². The van der Waals surface area contributed by atoms with Gasteiger partial charge in [0.25, 0.3) is 0 Å². The molecule has 146 valence electrons. The SMILES string of the molecule is COc1ccccc1-c1cc(-c2ccc(-c3ccc(Br)cc3)cc2)nc(N)c1C#N. The number of benzene rings is 3. The molecular weight excluding hydrogens is 438 g/mol. The first-order chi connectivity index (χ1) is 14.6. The van der Waals surface area contributed by atoms with Crippen LogP contribution in [0.25, 0.3) is 33.5 Å². The van der Waals surface area contributed by atoms with Gasteiger partial charge in [0.1, 0.15) is 23.2 Å². The highest BCUT2D eigenvalue weighted by Crippen LogP contribution is 2.36. The van der Waals surface area contributed by atoms with Crippen molar-refractivity contribution in [2.24, 2.45) is 0 Å². The minimum atomic E-state index is 0.202. The van der Waals surface area contributed by atoms with Gasteiger partial charge >= 0.3 is 0 Å². The molecule has 0 aliphatic carbocycles. The topological polar surface area (TPSA) is 71.9 Å². The van der Waals surface area contributed by atoms with E-state index in [1.165, 1.54) is 0 Å². The van der Waals surface area contributed by atoms with Crippen LogP contribution in [-0.2, 0) is 0 Å². The summed E-state index contributed by atoms with van der Waals surface area (Å²) >= 11 is 3.46. The summed E-state index contributed by atoms with van der Waals surface area (Å²) in [4.78, 5) is 4.48. The zero-order valence-electron chi connectivity index (χ0n) is 16.3. The molecule has 0 aliphatic heterocycles. The number of hydrogen-bond donors (Lipinski definition) is 1. The van der Waals surface area contributed by atoms with Crippen molar-refractivity contribution in [1.82, 2.24) is 4.98 Å². The van der Waals surface area contributed by atoms with Gasteiger partial charge in [-0.15, -0.1) is 0 Å². The predicted molar refractivity (Wildman–Crippen MR) is 124 cm³/mol. The van der Waals surface area contributed by atoms with Gasteiger partial charge in [-0.3, -0.25) is 0 Å². The molecule has 0 radical (unpaired) electrons. The summed E-state index contributed by atoms with van der Waals surface area (Å²) < 4.78 is 6.53. The number of nitriles is 1. The van der Waals surface area contributed by atoms with Crippen molar-refractivity contribution in [3.63, 3.8) is 0 Å². The molecule has 0 fully saturated rings. The minimum Gasteiger partial charge on any atom is -0.496 e. The lowest BCUT2D eigenvalue weighted by Crippen LogP contribution is -2.00. The molecule has 3 aromatic carbocycles. The van der Waals surface area contributed by atoms with Crippen molar-refractivity contribution >= 4 is 21.7 Å². The Morgan fingerprint density at radius 3 is 2.10 bits per heavy atom. The van der Waals surface area contributed by atoms with Gasteiger partial charge < -0.3 is 10.5 Å². The van der Waals surface area contributed by atoms with Gasteiger partial charge in [-0.25, -0.2) is 4.98 Å². The zero-order chi connectivity index (χ0) is 21.1. The van der Waals surface area contributed by atoms with Crippen LogP contribution in [-0.4, -0.2) is 12.1 Å². The fraction of sp³-hybridized carbons (Fsp3) is 0.0400. The molecule has 0 saturated heterocycles. The number of ether oxygens (including phenoxy) is 1. The molecule has 0 spiro atoms. The number of hydrogen-bond acceptors (Lipinski definition) is 4. The Balaban J connectivity index is 1.79. The molecule has 1 heterocycles. The summed E-state index contributed by atoms with van der Waals surface area (Å²) in [6.07, 6.45) is 0. The monoisotopic (exact) mass is 455 g/mol. The first kappa shape index (κ1) is 19.7. The third-order valence-corrected chi connectivity index (χ3v) is 5.44. The fourth-order valence-corrected chi connectivity index (χ4v) is 3.65. The molecule has 4 nitrogen and oxygen atoms in total. The van der Waals surface area contributed by atoms with Crippen LogP contribution in [0.15, 0.2) is 83.3 Å². The third kappa shape index (κ3) is 3.78. The van der Waals surface area contributed by atoms with E-state index < -0.39 is 0 Å². The normalized spacial score (nSPS) is 10.4. The average Bonchev–Trinajstić information content (AvgIpc) is 2.79. The van der Waals surface area contributed by atoms with Crippen LogP contribution in [0.2, 0.25) is 0 Å². The molecule has 30 heavy (non-hydrogen) atoms. The number of nitrogens with two attached hydrogens (primary N) is 1. The number of pyridine rings is 1. The number of aromatic nitrogens is 1. The van der Waals surface area contributed by atoms with E-state index in [2.05, 4.69) is 51.2 Å². The Morgan fingerprint density at radius 2 is 1.47 bits per heavy atom. The van der Waals surface area contributed by atoms with Gasteiger partial charge in [0.15, 0.2) is 0 Å². The molecular formula is C25H18BrN3O. The summed E-state index contributed by atoms with van der Waals surface area (Å²) in [6.45, 7) is 0. The molecule has 0 atom stereocenters. The summed E-state index contributed by atoms with van der Waals surface area (Å²) in [6, 6.07) is 27.9. The largest absolute Gasteiger partial charge is 0.496 e. The Hall–Kier alpha value is -3.62. The zero-order valence-corrected chi connectivity index (χ0v) is 17.8. The molecule has 0 amide bonds. The molecule has 0 unspecified atom stereocenters. The minimum absolute atomic E-state index is 0.202. The second-order valence-corrected chi connectivity index (χ2v) is 7.63. The van der Waals surface area contributed by atoms with Crippen molar-refractivity contribution in [1.29, 1.82) is 5.26 Å². The van der Waals surface area contributed by atoms with Gasteiger partial charge in [-0.1, -0.05) is 70.5 Å². The van der Waals surface area contributed by atoms with Crippen LogP contribution >= 0.6 is 15.9 Å². The second-order valence-electron chi connectivity index (χ2n) is 6.71. The van der Waals surface area contributed by atoms with E-state index >= 15 is 0 Å². The number of nitrogens with zero attached hydrogens (tertiary/aromatic N) is 2. The molecule has 4 rings (SSSR count). The first-order valence-corrected chi connectivity index (χ1v) is 10.1. The number of rotatable bonds is 4. The fourth-order valence-electron chi connectivity index (χ4n) is 3.39. The highest BCUT2D eigenvalue weighted by molar-refractivity contribution is 9.10. The van der Waals surface area contributed by atoms with E-state index in [4.69, 9.17) is 10.5 Å². The Bertz CT molecular complexity index is 1240. The lowest BCUT2D eigenvalue weighted by Gasteiger charge is -2.13. The summed E-state index contributed by atoms with van der Waals surface area (Å²) in [5, 5.41) is 9.65. The maximum Gasteiger partial charge on any atom is 0.142 e. The number of methoxy groups -OCH3 is 1. The quantitative estimate of drug-likeness (QED) is 0.391. The lowest BCUT2D eigenvalue weighted by atomic mass is 9.97. The van der Waals surface area contributed by atoms with Crippen LogP contribution in [0, 0.1) is 11.3 Å². The number of nitrogen functional groups attached to an aromatic ring is 1.